The largest absolute Gasteiger partial charge is 0.389 e. The van der Waals surface area contributed by atoms with Gasteiger partial charge in [0, 0.05) is 30.2 Å². The lowest BCUT2D eigenvalue weighted by molar-refractivity contribution is 0.102. The van der Waals surface area contributed by atoms with Gasteiger partial charge in [-0.1, -0.05) is 17.4 Å². The molecule has 0 aliphatic carbocycles. The number of thiazole rings is 1. The van der Waals surface area contributed by atoms with Crippen LogP contribution in [0.2, 0.25) is 0 Å². The smallest absolute Gasteiger partial charge is 0.277 e. The number of aryl methyl sites for hydroxylation is 1. The third-order valence-corrected chi connectivity index (χ3v) is 6.11. The van der Waals surface area contributed by atoms with Crippen LogP contribution in [-0.2, 0) is 6.98 Å². The van der Waals surface area contributed by atoms with Crippen LogP contribution in [0.4, 0.5) is 29.7 Å². The van der Waals surface area contributed by atoms with E-state index in [-0.39, 0.29) is 53.1 Å². The Morgan fingerprint density at radius 2 is 2.03 bits per heavy atom. The van der Waals surface area contributed by atoms with Gasteiger partial charge in [-0.25, -0.2) is 18.2 Å². The van der Waals surface area contributed by atoms with Gasteiger partial charge >= 0.3 is 0 Å². The van der Waals surface area contributed by atoms with Crippen molar-refractivity contribution in [3.63, 3.8) is 0 Å². The molecular weight excluding hydrogens is 443 g/mol. The first-order valence-electron chi connectivity index (χ1n) is 11.2. The number of nitrogens with one attached hydrogen (secondary N) is 1. The van der Waals surface area contributed by atoms with Crippen molar-refractivity contribution in [3.8, 4) is 10.6 Å². The molecule has 0 spiro atoms. The van der Waals surface area contributed by atoms with Gasteiger partial charge in [0.25, 0.3) is 5.91 Å². The third kappa shape index (κ3) is 4.15. The summed E-state index contributed by atoms with van der Waals surface area (Å²) in [6.07, 6.45) is 0.223. The lowest BCUT2D eigenvalue weighted by Gasteiger charge is -2.24. The highest BCUT2D eigenvalue weighted by molar-refractivity contribution is 7.19. The number of halogens is 3. The summed E-state index contributed by atoms with van der Waals surface area (Å²) in [4.78, 5) is 18.6. The van der Waals surface area contributed by atoms with E-state index < -0.39 is 42.3 Å². The quantitative estimate of drug-likeness (QED) is 0.542. The summed E-state index contributed by atoms with van der Waals surface area (Å²) < 4.78 is 66.6. The Kier molecular flexibility index (Phi) is 5.07. The molecule has 5 N–H and O–H groups in total. The molecule has 3 aromatic rings. The second-order valence-corrected chi connectivity index (χ2v) is 8.35. The van der Waals surface area contributed by atoms with Crippen molar-refractivity contribution in [2.45, 2.75) is 25.1 Å². The SMILES string of the molecule is [2H]C([2H])([2H])n1ncc(NC(=O)c2nc(-c3c(F)cccc3F)sc2N)c1N1CC[C@@H](N)[C@H](F)CC1. The van der Waals surface area contributed by atoms with Crippen LogP contribution in [0.25, 0.3) is 10.6 Å². The van der Waals surface area contributed by atoms with Crippen molar-refractivity contribution < 1.29 is 22.1 Å². The monoisotopic (exact) mass is 468 g/mol. The molecule has 1 aliphatic heterocycles. The summed E-state index contributed by atoms with van der Waals surface area (Å²) in [5.74, 6) is -2.51. The Morgan fingerprint density at radius 3 is 2.75 bits per heavy atom. The fourth-order valence-corrected chi connectivity index (χ4v) is 4.40. The predicted molar refractivity (Wildman–Crippen MR) is 117 cm³/mol. The van der Waals surface area contributed by atoms with Gasteiger partial charge < -0.3 is 21.7 Å². The summed E-state index contributed by atoms with van der Waals surface area (Å²) in [7, 11) is 0. The van der Waals surface area contributed by atoms with Crippen molar-refractivity contribution in [1.82, 2.24) is 14.8 Å². The standard InChI is InChI=1S/C20H22F3N7OS/c1-29-20(30-7-5-10(21)13(24)6-8-30)14(9-26-29)27-18(31)16-17(25)32-19(28-16)15-11(22)3-2-4-12(15)23/h2-4,9-10,13H,5-8,24-25H2,1H3,(H,27,31)/t10-,13-/m1/s1/i1D3. The zero-order chi connectivity index (χ0) is 25.5. The molecule has 1 aliphatic rings. The maximum Gasteiger partial charge on any atom is 0.277 e. The first-order chi connectivity index (χ1) is 16.5. The van der Waals surface area contributed by atoms with Gasteiger partial charge in [-0.05, 0) is 25.0 Å². The minimum atomic E-state index is -2.68. The van der Waals surface area contributed by atoms with Gasteiger partial charge in [0.15, 0.2) is 11.5 Å². The summed E-state index contributed by atoms with van der Waals surface area (Å²) in [6, 6.07) is 2.61. The normalized spacial score (nSPS) is 20.9. The number of aromatic nitrogens is 3. The Hall–Kier alpha value is -3.12. The third-order valence-electron chi connectivity index (χ3n) is 5.21. The predicted octanol–water partition coefficient (Wildman–Crippen LogP) is 2.92. The van der Waals surface area contributed by atoms with E-state index in [9.17, 15) is 18.0 Å². The number of hydrogen-bond donors (Lipinski definition) is 3. The summed E-state index contributed by atoms with van der Waals surface area (Å²) in [5, 5.41) is 6.21. The van der Waals surface area contributed by atoms with Crippen molar-refractivity contribution in [2.24, 2.45) is 12.7 Å². The van der Waals surface area contributed by atoms with Crippen molar-refractivity contribution >= 4 is 33.8 Å². The van der Waals surface area contributed by atoms with E-state index >= 15 is 0 Å². The molecule has 8 nitrogen and oxygen atoms in total. The molecule has 2 atom stereocenters. The number of benzene rings is 1. The lowest BCUT2D eigenvalue weighted by Crippen LogP contribution is -2.31. The van der Waals surface area contributed by atoms with Gasteiger partial charge in [0.1, 0.15) is 33.5 Å². The number of carbonyl (C=O) groups is 1. The summed E-state index contributed by atoms with van der Waals surface area (Å²) >= 11 is 0.729. The maximum absolute atomic E-state index is 14.2. The van der Waals surface area contributed by atoms with E-state index in [1.807, 2.05) is 0 Å². The van der Waals surface area contributed by atoms with Crippen LogP contribution in [0.1, 0.15) is 27.4 Å². The Morgan fingerprint density at radius 1 is 1.31 bits per heavy atom. The molecular formula is C20H22F3N7OS. The fraction of sp³-hybridized carbons (Fsp3) is 0.350. The molecule has 3 heterocycles. The van der Waals surface area contributed by atoms with Crippen molar-refractivity contribution in [3.05, 3.63) is 41.7 Å². The van der Waals surface area contributed by atoms with Gasteiger partial charge in [-0.2, -0.15) is 5.10 Å². The number of carbonyl (C=O) groups excluding carboxylic acids is 1. The average molecular weight is 469 g/mol. The number of hydrogen-bond acceptors (Lipinski definition) is 7. The minimum absolute atomic E-state index is 0.0306. The highest BCUT2D eigenvalue weighted by Crippen LogP contribution is 2.34. The second-order valence-electron chi connectivity index (χ2n) is 7.32. The van der Waals surface area contributed by atoms with Crippen LogP contribution >= 0.6 is 11.3 Å². The average Bonchev–Trinajstić information content (AvgIpc) is 3.32. The molecule has 170 valence electrons. The lowest BCUT2D eigenvalue weighted by atomic mass is 10.1. The summed E-state index contributed by atoms with van der Waals surface area (Å²) in [6.45, 7) is -2.30. The van der Waals surface area contributed by atoms with Crippen LogP contribution in [-0.4, -0.2) is 46.0 Å². The molecule has 1 fully saturated rings. The highest BCUT2D eigenvalue weighted by Gasteiger charge is 2.28. The molecule has 0 saturated carbocycles. The van der Waals surface area contributed by atoms with Crippen LogP contribution in [0.3, 0.4) is 0 Å². The molecule has 0 radical (unpaired) electrons. The van der Waals surface area contributed by atoms with E-state index in [0.29, 0.717) is 0 Å². The molecule has 32 heavy (non-hydrogen) atoms. The van der Waals surface area contributed by atoms with E-state index in [2.05, 4.69) is 15.4 Å². The van der Waals surface area contributed by atoms with Crippen LogP contribution < -0.4 is 21.7 Å². The molecule has 0 bridgehead atoms. The number of rotatable bonds is 4. The molecule has 0 unspecified atom stereocenters. The second kappa shape index (κ2) is 8.79. The zero-order valence-electron chi connectivity index (χ0n) is 19.7. The Bertz CT molecular complexity index is 1220. The Balaban J connectivity index is 1.67. The zero-order valence-corrected chi connectivity index (χ0v) is 17.5. The van der Waals surface area contributed by atoms with E-state index in [1.54, 1.807) is 4.90 Å². The van der Waals surface area contributed by atoms with Gasteiger partial charge in [-0.3, -0.25) is 9.48 Å². The van der Waals surface area contributed by atoms with E-state index in [4.69, 9.17) is 15.6 Å². The van der Waals surface area contributed by atoms with Gasteiger partial charge in [0.2, 0.25) is 0 Å². The minimum Gasteiger partial charge on any atom is -0.389 e. The fourth-order valence-electron chi connectivity index (χ4n) is 3.52. The molecule has 2 aromatic heterocycles. The summed E-state index contributed by atoms with van der Waals surface area (Å²) in [5.41, 5.74) is 11.1. The van der Waals surface area contributed by atoms with Gasteiger partial charge in [0.05, 0.1) is 11.8 Å². The number of amides is 1. The first-order valence-corrected chi connectivity index (χ1v) is 10.5. The number of nitrogens with two attached hydrogens (primary N) is 2. The molecule has 1 saturated heterocycles. The van der Waals surface area contributed by atoms with Crippen LogP contribution in [0, 0.1) is 11.6 Å². The first kappa shape index (κ1) is 18.5. The number of anilines is 3. The Labute approximate surface area is 190 Å². The number of alkyl halides is 1. The molecule has 1 aromatic carbocycles. The maximum atomic E-state index is 14.2. The highest BCUT2D eigenvalue weighted by atomic mass is 32.1. The number of nitrogen functional groups attached to an aromatic ring is 1. The van der Waals surface area contributed by atoms with E-state index in [1.165, 1.54) is 6.07 Å². The van der Waals surface area contributed by atoms with Crippen molar-refractivity contribution in [2.75, 3.05) is 29.0 Å². The van der Waals surface area contributed by atoms with Crippen molar-refractivity contribution in [1.29, 1.82) is 0 Å². The van der Waals surface area contributed by atoms with Crippen LogP contribution in [0.5, 0.6) is 0 Å². The topological polar surface area (TPSA) is 115 Å². The molecule has 4 rings (SSSR count). The van der Waals surface area contributed by atoms with Crippen LogP contribution in [0.15, 0.2) is 24.4 Å². The van der Waals surface area contributed by atoms with E-state index in [0.717, 1.165) is 34.3 Å². The molecule has 12 heteroatoms. The molecule has 1 amide bonds. The number of nitrogens with zero attached hydrogens (tertiary/aromatic N) is 4. The van der Waals surface area contributed by atoms with Gasteiger partial charge in [-0.15, -0.1) is 0 Å².